The number of amides is 2. The quantitative estimate of drug-likeness (QED) is 0.660. The molecule has 0 saturated carbocycles. The summed E-state index contributed by atoms with van der Waals surface area (Å²) in [6.07, 6.45) is 0.227. The van der Waals surface area contributed by atoms with Crippen LogP contribution >= 0.6 is 0 Å². The highest BCUT2D eigenvalue weighted by atomic mass is 16.2. The van der Waals surface area contributed by atoms with Crippen LogP contribution in [0.2, 0.25) is 0 Å². The van der Waals surface area contributed by atoms with E-state index in [-0.39, 0.29) is 24.2 Å². The molecule has 0 aliphatic rings. The second kappa shape index (κ2) is 8.94. The molecule has 0 fully saturated rings. The second-order valence-electron chi connectivity index (χ2n) is 6.54. The van der Waals surface area contributed by atoms with E-state index in [2.05, 4.69) is 26.1 Å². The van der Waals surface area contributed by atoms with Crippen LogP contribution in [-0.2, 0) is 16.0 Å². The molecule has 138 valence electrons. The van der Waals surface area contributed by atoms with Crippen LogP contribution in [0, 0.1) is 19.8 Å². The highest BCUT2D eigenvalue weighted by molar-refractivity contribution is 5.89. The van der Waals surface area contributed by atoms with Crippen LogP contribution in [0.1, 0.15) is 30.8 Å². The zero-order valence-electron chi connectivity index (χ0n) is 15.5. The van der Waals surface area contributed by atoms with Crippen molar-refractivity contribution >= 4 is 17.8 Å². The van der Waals surface area contributed by atoms with Gasteiger partial charge in [-0.2, -0.15) is 0 Å². The number of nitrogens with one attached hydrogen (secondary N) is 3. The van der Waals surface area contributed by atoms with E-state index in [1.54, 1.807) is 0 Å². The minimum atomic E-state index is -0.662. The molecule has 0 bridgehead atoms. The van der Waals surface area contributed by atoms with E-state index in [0.29, 0.717) is 5.95 Å². The molecule has 26 heavy (non-hydrogen) atoms. The van der Waals surface area contributed by atoms with Gasteiger partial charge in [-0.05, 0) is 31.4 Å². The van der Waals surface area contributed by atoms with Crippen LogP contribution in [0.4, 0.5) is 5.95 Å². The molecule has 1 unspecified atom stereocenters. The molecule has 1 aromatic carbocycles. The molecule has 7 nitrogen and oxygen atoms in total. The monoisotopic (exact) mass is 355 g/mol. The Morgan fingerprint density at radius 2 is 1.65 bits per heavy atom. The van der Waals surface area contributed by atoms with Gasteiger partial charge >= 0.3 is 0 Å². The maximum Gasteiger partial charge on any atom is 0.261 e. The van der Waals surface area contributed by atoms with Gasteiger partial charge in [-0.25, -0.2) is 9.97 Å². The van der Waals surface area contributed by atoms with Crippen molar-refractivity contribution in [3.63, 3.8) is 0 Å². The molecule has 0 aliphatic heterocycles. The van der Waals surface area contributed by atoms with Crippen molar-refractivity contribution in [1.82, 2.24) is 20.7 Å². The van der Waals surface area contributed by atoms with E-state index in [4.69, 9.17) is 0 Å². The summed E-state index contributed by atoms with van der Waals surface area (Å²) >= 11 is 0. The van der Waals surface area contributed by atoms with Crippen LogP contribution in [0.3, 0.4) is 0 Å². The Labute approximate surface area is 153 Å². The average Bonchev–Trinajstić information content (AvgIpc) is 2.57. The highest BCUT2D eigenvalue weighted by Crippen LogP contribution is 2.06. The number of nitrogens with zero attached hydrogens (tertiary/aromatic N) is 2. The zero-order valence-corrected chi connectivity index (χ0v) is 15.5. The normalized spacial score (nSPS) is 11.7. The van der Waals surface area contributed by atoms with Gasteiger partial charge < -0.3 is 5.32 Å². The van der Waals surface area contributed by atoms with Crippen LogP contribution in [0.25, 0.3) is 0 Å². The van der Waals surface area contributed by atoms with Crippen molar-refractivity contribution in [3.05, 3.63) is 53.3 Å². The number of carbonyl (C=O) groups is 2. The third-order valence-electron chi connectivity index (χ3n) is 3.75. The van der Waals surface area contributed by atoms with Crippen LogP contribution in [0.5, 0.6) is 0 Å². The summed E-state index contributed by atoms with van der Waals surface area (Å²) in [7, 11) is 0. The predicted molar refractivity (Wildman–Crippen MR) is 100 cm³/mol. The summed E-state index contributed by atoms with van der Waals surface area (Å²) in [6, 6.07) is 10.6. The van der Waals surface area contributed by atoms with E-state index >= 15 is 0 Å². The van der Waals surface area contributed by atoms with Crippen molar-refractivity contribution < 1.29 is 9.59 Å². The molecule has 7 heteroatoms. The summed E-state index contributed by atoms with van der Waals surface area (Å²) in [5.41, 5.74) is 7.78. The van der Waals surface area contributed by atoms with E-state index in [1.165, 1.54) is 0 Å². The smallest absolute Gasteiger partial charge is 0.261 e. The first-order valence-corrected chi connectivity index (χ1v) is 8.56. The van der Waals surface area contributed by atoms with Crippen LogP contribution < -0.4 is 16.2 Å². The fraction of sp³-hybridized carbons (Fsp3) is 0.368. The molecule has 0 saturated heterocycles. The number of aryl methyl sites for hydroxylation is 2. The molecular formula is C19H25N5O2. The first-order chi connectivity index (χ1) is 12.3. The summed E-state index contributed by atoms with van der Waals surface area (Å²) in [4.78, 5) is 33.1. The number of carbonyl (C=O) groups excluding carboxylic acids is 2. The van der Waals surface area contributed by atoms with E-state index in [9.17, 15) is 9.59 Å². The summed E-state index contributed by atoms with van der Waals surface area (Å²) in [5.74, 6) is -0.303. The Hall–Kier alpha value is -2.96. The van der Waals surface area contributed by atoms with E-state index in [1.807, 2.05) is 64.1 Å². The maximum absolute atomic E-state index is 12.5. The van der Waals surface area contributed by atoms with E-state index in [0.717, 1.165) is 17.0 Å². The first-order valence-electron chi connectivity index (χ1n) is 8.56. The molecular weight excluding hydrogens is 330 g/mol. The number of hydrogen-bond acceptors (Lipinski definition) is 5. The van der Waals surface area contributed by atoms with Crippen LogP contribution in [0.15, 0.2) is 36.4 Å². The first kappa shape index (κ1) is 19.4. The van der Waals surface area contributed by atoms with Gasteiger partial charge in [0, 0.05) is 11.4 Å². The number of anilines is 1. The number of hydrazine groups is 1. The van der Waals surface area contributed by atoms with Crippen molar-refractivity contribution in [2.75, 3.05) is 5.43 Å². The van der Waals surface area contributed by atoms with Gasteiger partial charge in [0.05, 0.1) is 6.42 Å². The molecule has 0 radical (unpaired) electrons. The lowest BCUT2D eigenvalue weighted by atomic mass is 10.0. The number of rotatable bonds is 7. The van der Waals surface area contributed by atoms with Gasteiger partial charge in [0.25, 0.3) is 5.91 Å². The van der Waals surface area contributed by atoms with Gasteiger partial charge in [0.15, 0.2) is 0 Å². The van der Waals surface area contributed by atoms with Crippen molar-refractivity contribution in [2.45, 2.75) is 40.2 Å². The standard InChI is InChI=1S/C19H25N5O2/c1-12(2)17(22-16(25)11-15-8-6-5-7-9-15)18(26)23-24-19-20-13(3)10-14(4)21-19/h5-10,12,17H,11H2,1-4H3,(H,22,25)(H,23,26)(H,20,21,24). The number of benzene rings is 1. The van der Waals surface area contributed by atoms with E-state index < -0.39 is 6.04 Å². The number of hydrogen-bond donors (Lipinski definition) is 3. The Morgan fingerprint density at radius 3 is 2.23 bits per heavy atom. The average molecular weight is 355 g/mol. The maximum atomic E-state index is 12.5. The minimum absolute atomic E-state index is 0.0725. The summed E-state index contributed by atoms with van der Waals surface area (Å²) < 4.78 is 0. The molecule has 1 heterocycles. The van der Waals surface area contributed by atoms with Gasteiger partial charge in [-0.15, -0.1) is 0 Å². The lowest BCUT2D eigenvalue weighted by Gasteiger charge is -2.22. The van der Waals surface area contributed by atoms with Gasteiger partial charge in [0.2, 0.25) is 11.9 Å². The molecule has 2 rings (SSSR count). The second-order valence-corrected chi connectivity index (χ2v) is 6.54. The lowest BCUT2D eigenvalue weighted by Crippen LogP contribution is -2.51. The molecule has 0 aliphatic carbocycles. The third kappa shape index (κ3) is 5.84. The fourth-order valence-corrected chi connectivity index (χ4v) is 2.52. The summed E-state index contributed by atoms with van der Waals surface area (Å²) in [5, 5.41) is 2.79. The van der Waals surface area contributed by atoms with Gasteiger partial charge in [-0.3, -0.25) is 20.4 Å². The molecule has 2 amide bonds. The van der Waals surface area contributed by atoms with Crippen molar-refractivity contribution in [3.8, 4) is 0 Å². The highest BCUT2D eigenvalue weighted by Gasteiger charge is 2.24. The Kier molecular flexibility index (Phi) is 6.66. The Balaban J connectivity index is 1.95. The third-order valence-corrected chi connectivity index (χ3v) is 3.75. The molecule has 1 aromatic heterocycles. The lowest BCUT2D eigenvalue weighted by molar-refractivity contribution is -0.129. The summed E-state index contributed by atoms with van der Waals surface area (Å²) in [6.45, 7) is 7.45. The van der Waals surface area contributed by atoms with Crippen molar-refractivity contribution in [1.29, 1.82) is 0 Å². The molecule has 2 aromatic rings. The molecule has 3 N–H and O–H groups in total. The van der Waals surface area contributed by atoms with Gasteiger partial charge in [0.1, 0.15) is 6.04 Å². The SMILES string of the molecule is Cc1cc(C)nc(NNC(=O)C(NC(=O)Cc2ccccc2)C(C)C)n1. The fourth-order valence-electron chi connectivity index (χ4n) is 2.52. The Bertz CT molecular complexity index is 742. The van der Waals surface area contributed by atoms with Gasteiger partial charge in [-0.1, -0.05) is 44.2 Å². The minimum Gasteiger partial charge on any atom is -0.344 e. The zero-order chi connectivity index (χ0) is 19.1. The largest absolute Gasteiger partial charge is 0.344 e. The predicted octanol–water partition coefficient (Wildman–Crippen LogP) is 1.92. The molecule has 0 spiro atoms. The van der Waals surface area contributed by atoms with Crippen LogP contribution in [-0.4, -0.2) is 27.8 Å². The topological polar surface area (TPSA) is 96.0 Å². The molecule has 1 atom stereocenters. The number of aromatic nitrogens is 2. The van der Waals surface area contributed by atoms with Crippen molar-refractivity contribution in [2.24, 2.45) is 5.92 Å². The Morgan fingerprint density at radius 1 is 1.04 bits per heavy atom.